The van der Waals surface area contributed by atoms with E-state index in [0.717, 1.165) is 11.3 Å². The van der Waals surface area contributed by atoms with Gasteiger partial charge in [-0.3, -0.25) is 4.79 Å². The number of amides is 1. The highest BCUT2D eigenvalue weighted by Crippen LogP contribution is 2.41. The van der Waals surface area contributed by atoms with Gasteiger partial charge in [-0.25, -0.2) is 14.3 Å². The maximum absolute atomic E-state index is 12.9. The van der Waals surface area contributed by atoms with Crippen molar-refractivity contribution in [1.82, 2.24) is 14.6 Å². The third-order valence-corrected chi connectivity index (χ3v) is 4.63. The average molecular weight is 352 g/mol. The normalized spacial score (nSPS) is 16.0. The molecule has 1 aliphatic heterocycles. The number of rotatable bonds is 2. The summed E-state index contributed by atoms with van der Waals surface area (Å²) in [5.74, 6) is -0.296. The van der Waals surface area contributed by atoms with Crippen molar-refractivity contribution in [2.75, 3.05) is 19.1 Å². The highest BCUT2D eigenvalue weighted by molar-refractivity contribution is 6.07. The molecule has 3 aromatic rings. The van der Waals surface area contributed by atoms with E-state index in [9.17, 15) is 9.59 Å². The first-order valence-electron chi connectivity index (χ1n) is 7.98. The Hall–Kier alpha value is -3.42. The Morgan fingerprint density at radius 1 is 1.27 bits per heavy atom. The van der Waals surface area contributed by atoms with Gasteiger partial charge in [-0.05, 0) is 18.6 Å². The van der Waals surface area contributed by atoms with Crippen LogP contribution in [0, 0.1) is 6.92 Å². The van der Waals surface area contributed by atoms with Crippen LogP contribution >= 0.6 is 0 Å². The van der Waals surface area contributed by atoms with Crippen molar-refractivity contribution < 1.29 is 19.1 Å². The van der Waals surface area contributed by atoms with E-state index in [0.29, 0.717) is 22.5 Å². The first kappa shape index (κ1) is 16.1. The number of nitrogens with zero attached hydrogens (tertiary/aromatic N) is 4. The van der Waals surface area contributed by atoms with Gasteiger partial charge in [0, 0.05) is 18.3 Å². The van der Waals surface area contributed by atoms with E-state index in [1.165, 1.54) is 13.4 Å². The Morgan fingerprint density at radius 2 is 2.04 bits per heavy atom. The molecule has 4 rings (SSSR count). The number of ether oxygens (including phenoxy) is 2. The molecule has 3 heterocycles. The fraction of sp³-hybridized carbons (Fsp3) is 0.222. The van der Waals surface area contributed by atoms with Crippen molar-refractivity contribution >= 4 is 23.3 Å². The smallest absolute Gasteiger partial charge is 0.437 e. The van der Waals surface area contributed by atoms with Gasteiger partial charge >= 0.3 is 6.16 Å². The number of carbonyl (C=O) groups is 2. The van der Waals surface area contributed by atoms with Gasteiger partial charge in [0.15, 0.2) is 5.75 Å². The largest absolute Gasteiger partial charge is 0.513 e. The molecule has 0 saturated carbocycles. The second kappa shape index (κ2) is 5.83. The maximum atomic E-state index is 12.9. The summed E-state index contributed by atoms with van der Waals surface area (Å²) in [5.41, 5.74) is 3.60. The SMILES string of the molecule is COC(=O)Oc1cn2ncnc(C3C(=O)N(C)c4ccccc43)c2c1C. The van der Waals surface area contributed by atoms with Crippen molar-refractivity contribution in [3.8, 4) is 5.75 Å². The molecule has 0 bridgehead atoms. The molecule has 0 radical (unpaired) electrons. The number of carbonyl (C=O) groups excluding carboxylic acids is 2. The lowest BCUT2D eigenvalue weighted by atomic mass is 9.95. The number of anilines is 1. The second-order valence-corrected chi connectivity index (χ2v) is 6.00. The number of aryl methyl sites for hydroxylation is 1. The van der Waals surface area contributed by atoms with Crippen LogP contribution in [-0.2, 0) is 9.53 Å². The molecule has 0 spiro atoms. The zero-order chi connectivity index (χ0) is 18.4. The van der Waals surface area contributed by atoms with Gasteiger partial charge in [-0.1, -0.05) is 18.2 Å². The van der Waals surface area contributed by atoms with E-state index in [-0.39, 0.29) is 5.91 Å². The molecule has 0 N–H and O–H groups in total. The monoisotopic (exact) mass is 352 g/mol. The average Bonchev–Trinajstić information content (AvgIpc) is 3.10. The molecule has 8 nitrogen and oxygen atoms in total. The number of aromatic nitrogens is 3. The topological polar surface area (TPSA) is 86.0 Å². The Bertz CT molecular complexity index is 1040. The third-order valence-electron chi connectivity index (χ3n) is 4.63. The Morgan fingerprint density at radius 3 is 2.81 bits per heavy atom. The lowest BCUT2D eigenvalue weighted by molar-refractivity contribution is -0.118. The van der Waals surface area contributed by atoms with Gasteiger partial charge in [0.2, 0.25) is 5.91 Å². The molecule has 1 aliphatic rings. The molecule has 0 saturated heterocycles. The van der Waals surface area contributed by atoms with E-state index in [2.05, 4.69) is 14.8 Å². The van der Waals surface area contributed by atoms with Crippen molar-refractivity contribution in [3.05, 3.63) is 53.6 Å². The standard InChI is InChI=1S/C18H16N4O4/c1-10-13(26-18(24)25-3)8-22-16(10)15(19-9-20-22)14-11-6-4-5-7-12(11)21(2)17(14)23/h4-9,14H,1-3H3. The van der Waals surface area contributed by atoms with Gasteiger partial charge in [-0.2, -0.15) is 5.10 Å². The molecule has 132 valence electrons. The number of para-hydroxylation sites is 1. The lowest BCUT2D eigenvalue weighted by Gasteiger charge is -2.12. The number of hydrogen-bond donors (Lipinski definition) is 0. The number of benzene rings is 1. The summed E-state index contributed by atoms with van der Waals surface area (Å²) < 4.78 is 11.3. The highest BCUT2D eigenvalue weighted by atomic mass is 16.7. The fourth-order valence-corrected chi connectivity index (χ4v) is 3.36. The molecule has 8 heteroatoms. The zero-order valence-corrected chi connectivity index (χ0v) is 14.5. The first-order valence-corrected chi connectivity index (χ1v) is 7.98. The predicted octanol–water partition coefficient (Wildman–Crippen LogP) is 2.29. The number of hydrogen-bond acceptors (Lipinski definition) is 6. The zero-order valence-electron chi connectivity index (χ0n) is 14.5. The van der Waals surface area contributed by atoms with Crippen LogP contribution < -0.4 is 9.64 Å². The van der Waals surface area contributed by atoms with Crippen LogP contribution in [0.15, 0.2) is 36.8 Å². The van der Waals surface area contributed by atoms with Crippen molar-refractivity contribution in [1.29, 1.82) is 0 Å². The summed E-state index contributed by atoms with van der Waals surface area (Å²) in [6.45, 7) is 1.79. The molecular formula is C18H16N4O4. The predicted molar refractivity (Wildman–Crippen MR) is 92.5 cm³/mol. The van der Waals surface area contributed by atoms with Gasteiger partial charge < -0.3 is 14.4 Å². The van der Waals surface area contributed by atoms with Crippen LogP contribution in [0.5, 0.6) is 5.75 Å². The fourth-order valence-electron chi connectivity index (χ4n) is 3.36. The van der Waals surface area contributed by atoms with Crippen LogP contribution in [-0.4, -0.2) is 40.8 Å². The van der Waals surface area contributed by atoms with Crippen LogP contribution in [0.2, 0.25) is 0 Å². The van der Waals surface area contributed by atoms with Crippen LogP contribution in [0.1, 0.15) is 22.7 Å². The Kier molecular flexibility index (Phi) is 3.61. The van der Waals surface area contributed by atoms with Gasteiger partial charge in [-0.15, -0.1) is 0 Å². The minimum atomic E-state index is -0.819. The minimum absolute atomic E-state index is 0.0668. The number of likely N-dealkylation sites (N-methyl/N-ethyl adjacent to an activating group) is 1. The lowest BCUT2D eigenvalue weighted by Crippen LogP contribution is -2.25. The van der Waals surface area contributed by atoms with Gasteiger partial charge in [0.05, 0.1) is 24.5 Å². The molecule has 0 aliphatic carbocycles. The maximum Gasteiger partial charge on any atom is 0.513 e. The molecule has 26 heavy (non-hydrogen) atoms. The Balaban J connectivity index is 1.90. The van der Waals surface area contributed by atoms with E-state index in [4.69, 9.17) is 4.74 Å². The van der Waals surface area contributed by atoms with E-state index >= 15 is 0 Å². The van der Waals surface area contributed by atoms with Crippen molar-refractivity contribution in [3.63, 3.8) is 0 Å². The van der Waals surface area contributed by atoms with Crippen LogP contribution in [0.25, 0.3) is 5.52 Å². The molecule has 1 amide bonds. The second-order valence-electron chi connectivity index (χ2n) is 6.00. The van der Waals surface area contributed by atoms with E-state index in [1.807, 2.05) is 24.3 Å². The summed E-state index contributed by atoms with van der Waals surface area (Å²) >= 11 is 0. The molecule has 1 aromatic carbocycles. The minimum Gasteiger partial charge on any atom is -0.437 e. The molecular weight excluding hydrogens is 336 g/mol. The summed E-state index contributed by atoms with van der Waals surface area (Å²) in [6.07, 6.45) is 2.14. The summed E-state index contributed by atoms with van der Waals surface area (Å²) in [7, 11) is 2.99. The van der Waals surface area contributed by atoms with Crippen LogP contribution in [0.4, 0.5) is 10.5 Å². The summed E-state index contributed by atoms with van der Waals surface area (Å²) in [6, 6.07) is 7.62. The van der Waals surface area contributed by atoms with Crippen LogP contribution in [0.3, 0.4) is 0 Å². The van der Waals surface area contributed by atoms with E-state index < -0.39 is 12.1 Å². The third kappa shape index (κ3) is 2.22. The summed E-state index contributed by atoms with van der Waals surface area (Å²) in [5, 5.41) is 4.18. The van der Waals surface area contributed by atoms with E-state index in [1.54, 1.807) is 29.6 Å². The summed E-state index contributed by atoms with van der Waals surface area (Å²) in [4.78, 5) is 30.4. The molecule has 2 aromatic heterocycles. The molecule has 0 fully saturated rings. The van der Waals surface area contributed by atoms with Gasteiger partial charge in [0.25, 0.3) is 0 Å². The van der Waals surface area contributed by atoms with Crippen molar-refractivity contribution in [2.24, 2.45) is 0 Å². The quantitative estimate of drug-likeness (QED) is 0.658. The van der Waals surface area contributed by atoms with Crippen molar-refractivity contribution in [2.45, 2.75) is 12.8 Å². The Labute approximate surface area is 149 Å². The highest BCUT2D eigenvalue weighted by Gasteiger charge is 2.38. The molecule has 1 unspecified atom stereocenters. The molecule has 1 atom stereocenters. The first-order chi connectivity index (χ1) is 12.5. The number of fused-ring (bicyclic) bond motifs is 2. The van der Waals surface area contributed by atoms with Gasteiger partial charge in [0.1, 0.15) is 12.2 Å². The number of methoxy groups -OCH3 is 1.